The van der Waals surface area contributed by atoms with Gasteiger partial charge in [0.1, 0.15) is 17.3 Å². The third-order valence-electron chi connectivity index (χ3n) is 2.08. The molecule has 80 valence electrons. The molecule has 1 heterocycles. The van der Waals surface area contributed by atoms with Crippen molar-refractivity contribution >= 4 is 5.78 Å². The molecule has 16 heavy (non-hydrogen) atoms. The first-order chi connectivity index (χ1) is 7.68. The second-order valence-electron chi connectivity index (χ2n) is 3.17. The molecule has 0 aliphatic carbocycles. The minimum atomic E-state index is -0.612. The molecule has 2 nitrogen and oxygen atoms in total. The van der Waals surface area contributed by atoms with E-state index in [2.05, 4.69) is 4.98 Å². The van der Waals surface area contributed by atoms with E-state index in [1.54, 1.807) is 6.07 Å². The maximum Gasteiger partial charge on any atom is 0.214 e. The first kappa shape index (κ1) is 10.4. The van der Waals surface area contributed by atoms with Crippen LogP contribution >= 0.6 is 0 Å². The summed E-state index contributed by atoms with van der Waals surface area (Å²) < 4.78 is 25.9. The van der Waals surface area contributed by atoms with Gasteiger partial charge in [0.25, 0.3) is 0 Å². The fourth-order valence-corrected chi connectivity index (χ4v) is 1.29. The predicted octanol–water partition coefficient (Wildman–Crippen LogP) is 2.59. The molecule has 0 spiro atoms. The number of benzene rings is 1. The van der Waals surface area contributed by atoms with Crippen molar-refractivity contribution in [2.75, 3.05) is 0 Å². The molecule has 0 N–H and O–H groups in total. The molecule has 0 radical (unpaired) electrons. The molecule has 0 bridgehead atoms. The van der Waals surface area contributed by atoms with Crippen LogP contribution in [-0.4, -0.2) is 10.8 Å². The minimum absolute atomic E-state index is 0.0199. The van der Waals surface area contributed by atoms with Crippen LogP contribution in [0.15, 0.2) is 42.6 Å². The van der Waals surface area contributed by atoms with Gasteiger partial charge in [-0.3, -0.25) is 4.79 Å². The van der Waals surface area contributed by atoms with E-state index in [4.69, 9.17) is 0 Å². The number of carbonyl (C=O) groups excluding carboxylic acids is 1. The maximum absolute atomic E-state index is 13.3. The van der Waals surface area contributed by atoms with Crippen molar-refractivity contribution in [2.24, 2.45) is 0 Å². The quantitative estimate of drug-likeness (QED) is 0.726. The highest BCUT2D eigenvalue weighted by Crippen LogP contribution is 2.11. The fraction of sp³-hybridized carbons (Fsp3) is 0. The zero-order chi connectivity index (χ0) is 11.5. The van der Waals surface area contributed by atoms with E-state index >= 15 is 0 Å². The average molecular weight is 219 g/mol. The Balaban J connectivity index is 2.40. The van der Waals surface area contributed by atoms with Crippen LogP contribution in [0.25, 0.3) is 0 Å². The van der Waals surface area contributed by atoms with Crippen molar-refractivity contribution in [1.29, 1.82) is 0 Å². The molecule has 0 fully saturated rings. The Morgan fingerprint density at radius 2 is 1.81 bits per heavy atom. The lowest BCUT2D eigenvalue weighted by molar-refractivity contribution is 0.103. The zero-order valence-corrected chi connectivity index (χ0v) is 8.15. The van der Waals surface area contributed by atoms with Gasteiger partial charge in [-0.15, -0.1) is 0 Å². The van der Waals surface area contributed by atoms with Crippen LogP contribution in [0.1, 0.15) is 16.1 Å². The average Bonchev–Trinajstić information content (AvgIpc) is 2.30. The Labute approximate surface area is 90.6 Å². The predicted molar refractivity (Wildman–Crippen MR) is 54.0 cm³/mol. The van der Waals surface area contributed by atoms with Gasteiger partial charge in [0.05, 0.1) is 11.8 Å². The number of nitrogens with zero attached hydrogens (tertiary/aromatic N) is 1. The van der Waals surface area contributed by atoms with Crippen molar-refractivity contribution in [3.8, 4) is 0 Å². The molecule has 1 aromatic carbocycles. The van der Waals surface area contributed by atoms with Gasteiger partial charge in [0.2, 0.25) is 5.78 Å². The topological polar surface area (TPSA) is 30.0 Å². The number of hydrogen-bond acceptors (Lipinski definition) is 2. The molecule has 0 aliphatic heterocycles. The number of carbonyl (C=O) groups is 1. The normalized spacial score (nSPS) is 10.1. The number of aromatic nitrogens is 1. The van der Waals surface area contributed by atoms with E-state index in [-0.39, 0.29) is 11.3 Å². The molecule has 0 aliphatic rings. The molecule has 2 aromatic rings. The highest BCUT2D eigenvalue weighted by molar-refractivity contribution is 6.07. The maximum atomic E-state index is 13.3. The first-order valence-electron chi connectivity index (χ1n) is 4.59. The third kappa shape index (κ3) is 1.95. The number of hydrogen-bond donors (Lipinski definition) is 0. The summed E-state index contributed by atoms with van der Waals surface area (Å²) in [4.78, 5) is 15.4. The number of halogens is 2. The van der Waals surface area contributed by atoms with Crippen LogP contribution in [0.2, 0.25) is 0 Å². The van der Waals surface area contributed by atoms with Crippen molar-refractivity contribution in [3.05, 3.63) is 65.5 Å². The van der Waals surface area contributed by atoms with Gasteiger partial charge in [-0.05, 0) is 24.3 Å². The Hall–Kier alpha value is -2.10. The smallest absolute Gasteiger partial charge is 0.214 e. The van der Waals surface area contributed by atoms with Crippen LogP contribution in [-0.2, 0) is 0 Å². The van der Waals surface area contributed by atoms with Crippen LogP contribution in [0.4, 0.5) is 8.78 Å². The summed E-state index contributed by atoms with van der Waals surface area (Å²) in [6.45, 7) is 0. The Kier molecular flexibility index (Phi) is 2.72. The molecule has 4 heteroatoms. The summed E-state index contributed by atoms with van der Waals surface area (Å²) >= 11 is 0. The van der Waals surface area contributed by atoms with Crippen LogP contribution < -0.4 is 0 Å². The molecule has 2 rings (SSSR count). The van der Waals surface area contributed by atoms with E-state index in [1.807, 2.05) is 0 Å². The van der Waals surface area contributed by atoms with E-state index in [9.17, 15) is 13.6 Å². The van der Waals surface area contributed by atoms with Gasteiger partial charge in [-0.2, -0.15) is 0 Å². The van der Waals surface area contributed by atoms with Crippen LogP contribution in [0.5, 0.6) is 0 Å². The van der Waals surface area contributed by atoms with E-state index < -0.39 is 17.4 Å². The summed E-state index contributed by atoms with van der Waals surface area (Å²) in [7, 11) is 0. The zero-order valence-electron chi connectivity index (χ0n) is 8.15. The lowest BCUT2D eigenvalue weighted by Gasteiger charge is -2.01. The first-order valence-corrected chi connectivity index (χ1v) is 4.59. The summed E-state index contributed by atoms with van der Waals surface area (Å²) in [6.07, 6.45) is 0.925. The minimum Gasteiger partial charge on any atom is -0.287 e. The molecular formula is C12H7F2NO. The highest BCUT2D eigenvalue weighted by Gasteiger charge is 2.14. The third-order valence-corrected chi connectivity index (χ3v) is 2.08. The number of rotatable bonds is 2. The number of pyridine rings is 1. The molecular weight excluding hydrogens is 212 g/mol. The largest absolute Gasteiger partial charge is 0.287 e. The van der Waals surface area contributed by atoms with Gasteiger partial charge >= 0.3 is 0 Å². The molecule has 0 unspecified atom stereocenters. The Morgan fingerprint density at radius 1 is 1.06 bits per heavy atom. The standard InChI is InChI=1S/C12H7F2NO/c13-8-5-6-11(15-7-8)12(16)9-3-1-2-4-10(9)14/h1-7H. The number of ketones is 1. The van der Waals surface area contributed by atoms with Gasteiger partial charge < -0.3 is 0 Å². The molecule has 0 saturated carbocycles. The van der Waals surface area contributed by atoms with Gasteiger partial charge in [-0.25, -0.2) is 13.8 Å². The Bertz CT molecular complexity index is 523. The highest BCUT2D eigenvalue weighted by atomic mass is 19.1. The lowest BCUT2D eigenvalue weighted by atomic mass is 10.1. The molecule has 0 atom stereocenters. The molecule has 0 saturated heterocycles. The van der Waals surface area contributed by atoms with Crippen molar-refractivity contribution in [2.45, 2.75) is 0 Å². The van der Waals surface area contributed by atoms with E-state index in [1.165, 1.54) is 24.3 Å². The SMILES string of the molecule is O=C(c1ccc(F)cn1)c1ccccc1F. The van der Waals surface area contributed by atoms with Crippen LogP contribution in [0, 0.1) is 11.6 Å². The summed E-state index contributed by atoms with van der Waals surface area (Å²) in [5.74, 6) is -1.71. The van der Waals surface area contributed by atoms with Crippen molar-refractivity contribution in [3.63, 3.8) is 0 Å². The van der Waals surface area contributed by atoms with Gasteiger partial charge in [0.15, 0.2) is 0 Å². The monoisotopic (exact) mass is 219 g/mol. The van der Waals surface area contributed by atoms with Gasteiger partial charge in [0, 0.05) is 0 Å². The lowest BCUT2D eigenvalue weighted by Crippen LogP contribution is -2.06. The molecule has 0 amide bonds. The summed E-state index contributed by atoms with van der Waals surface area (Å²) in [5.41, 5.74) is -0.0480. The Morgan fingerprint density at radius 3 is 2.44 bits per heavy atom. The van der Waals surface area contributed by atoms with Gasteiger partial charge in [-0.1, -0.05) is 12.1 Å². The second kappa shape index (κ2) is 4.18. The van der Waals surface area contributed by atoms with E-state index in [0.29, 0.717) is 0 Å². The fourth-order valence-electron chi connectivity index (χ4n) is 1.29. The summed E-state index contributed by atoms with van der Waals surface area (Å²) in [6, 6.07) is 7.94. The molecule has 1 aromatic heterocycles. The van der Waals surface area contributed by atoms with Crippen LogP contribution in [0.3, 0.4) is 0 Å². The van der Waals surface area contributed by atoms with E-state index in [0.717, 1.165) is 12.3 Å². The summed E-state index contributed by atoms with van der Waals surface area (Å²) in [5, 5.41) is 0. The van der Waals surface area contributed by atoms with Crippen molar-refractivity contribution in [1.82, 2.24) is 4.98 Å². The second-order valence-corrected chi connectivity index (χ2v) is 3.17. The van der Waals surface area contributed by atoms with Crippen molar-refractivity contribution < 1.29 is 13.6 Å².